The number of aryl methyl sites for hydroxylation is 1. The minimum atomic E-state index is -0.447. The lowest BCUT2D eigenvalue weighted by Gasteiger charge is -2.14. The fourth-order valence-corrected chi connectivity index (χ4v) is 1.49. The molecule has 1 aromatic rings. The van der Waals surface area contributed by atoms with Gasteiger partial charge in [0.05, 0.1) is 0 Å². The molecule has 4 heteroatoms. The van der Waals surface area contributed by atoms with E-state index in [0.29, 0.717) is 12.3 Å². The van der Waals surface area contributed by atoms with Gasteiger partial charge >= 0.3 is 0 Å². The van der Waals surface area contributed by atoms with E-state index in [4.69, 9.17) is 10.5 Å². The van der Waals surface area contributed by atoms with E-state index in [1.54, 1.807) is 13.0 Å². The Morgan fingerprint density at radius 3 is 2.89 bits per heavy atom. The van der Waals surface area contributed by atoms with Crippen molar-refractivity contribution in [1.29, 1.82) is 0 Å². The third-order valence-corrected chi connectivity index (χ3v) is 2.75. The number of nitrogens with one attached hydrogen (secondary N) is 1. The molecule has 0 heterocycles. The van der Waals surface area contributed by atoms with Gasteiger partial charge in [-0.2, -0.15) is 0 Å². The monoisotopic (exact) mass is 250 g/mol. The van der Waals surface area contributed by atoms with E-state index in [9.17, 15) is 4.79 Å². The largest absolute Gasteiger partial charge is 0.399 e. The highest BCUT2D eigenvalue weighted by atomic mass is 16.5. The predicted octanol–water partition coefficient (Wildman–Crippen LogP) is 2.72. The van der Waals surface area contributed by atoms with E-state index < -0.39 is 6.10 Å². The number of ether oxygens (including phenoxy) is 1. The molecule has 0 radical (unpaired) electrons. The van der Waals surface area contributed by atoms with Crippen LogP contribution in [0, 0.1) is 6.92 Å². The Morgan fingerprint density at radius 2 is 2.22 bits per heavy atom. The van der Waals surface area contributed by atoms with E-state index in [2.05, 4.69) is 12.2 Å². The van der Waals surface area contributed by atoms with Crippen molar-refractivity contribution in [2.75, 3.05) is 17.7 Å². The highest BCUT2D eigenvalue weighted by molar-refractivity contribution is 5.95. The number of carbonyl (C=O) groups excluding carboxylic acids is 1. The summed E-state index contributed by atoms with van der Waals surface area (Å²) in [5.41, 5.74) is 8.06. The topological polar surface area (TPSA) is 64.3 Å². The molecule has 1 rings (SSSR count). The second-order valence-corrected chi connectivity index (χ2v) is 4.43. The molecular formula is C14H22N2O2. The van der Waals surface area contributed by atoms with Gasteiger partial charge in [0.2, 0.25) is 0 Å². The SMILES string of the molecule is CCCCOC(C)C(=O)Nc1cc(N)ccc1C. The van der Waals surface area contributed by atoms with Crippen LogP contribution in [0.15, 0.2) is 18.2 Å². The number of amides is 1. The molecular weight excluding hydrogens is 228 g/mol. The first-order chi connectivity index (χ1) is 8.54. The number of rotatable bonds is 6. The summed E-state index contributed by atoms with van der Waals surface area (Å²) in [4.78, 5) is 11.9. The van der Waals surface area contributed by atoms with Crippen molar-refractivity contribution in [3.05, 3.63) is 23.8 Å². The Morgan fingerprint density at radius 1 is 1.50 bits per heavy atom. The lowest BCUT2D eigenvalue weighted by atomic mass is 10.2. The first-order valence-electron chi connectivity index (χ1n) is 6.33. The Balaban J connectivity index is 2.55. The van der Waals surface area contributed by atoms with Gasteiger partial charge in [-0.25, -0.2) is 0 Å². The number of nitrogen functional groups attached to an aromatic ring is 1. The van der Waals surface area contributed by atoms with E-state index in [-0.39, 0.29) is 5.91 Å². The van der Waals surface area contributed by atoms with Crippen LogP contribution in [0.2, 0.25) is 0 Å². The number of unbranched alkanes of at least 4 members (excludes halogenated alkanes) is 1. The van der Waals surface area contributed by atoms with Crippen molar-refractivity contribution in [1.82, 2.24) is 0 Å². The molecule has 4 nitrogen and oxygen atoms in total. The standard InChI is InChI=1S/C14H22N2O2/c1-4-5-8-18-11(3)14(17)16-13-9-12(15)7-6-10(13)2/h6-7,9,11H,4-5,8,15H2,1-3H3,(H,16,17). The zero-order valence-electron chi connectivity index (χ0n) is 11.3. The minimum Gasteiger partial charge on any atom is -0.399 e. The summed E-state index contributed by atoms with van der Waals surface area (Å²) < 4.78 is 5.44. The molecule has 100 valence electrons. The van der Waals surface area contributed by atoms with Gasteiger partial charge in [-0.15, -0.1) is 0 Å². The average molecular weight is 250 g/mol. The normalized spacial score (nSPS) is 12.2. The summed E-state index contributed by atoms with van der Waals surface area (Å²) in [5, 5.41) is 2.83. The van der Waals surface area contributed by atoms with Crippen molar-refractivity contribution in [2.24, 2.45) is 0 Å². The van der Waals surface area contributed by atoms with Gasteiger partial charge < -0.3 is 15.8 Å². The van der Waals surface area contributed by atoms with Crippen molar-refractivity contribution < 1.29 is 9.53 Å². The quantitative estimate of drug-likeness (QED) is 0.602. The number of carbonyl (C=O) groups is 1. The second-order valence-electron chi connectivity index (χ2n) is 4.43. The van der Waals surface area contributed by atoms with Crippen LogP contribution in [-0.2, 0) is 9.53 Å². The molecule has 0 fully saturated rings. The van der Waals surface area contributed by atoms with E-state index >= 15 is 0 Å². The smallest absolute Gasteiger partial charge is 0.253 e. The van der Waals surface area contributed by atoms with Gasteiger partial charge in [0.1, 0.15) is 6.10 Å². The van der Waals surface area contributed by atoms with Gasteiger partial charge in [-0.1, -0.05) is 19.4 Å². The molecule has 0 saturated heterocycles. The molecule has 1 atom stereocenters. The average Bonchev–Trinajstić information content (AvgIpc) is 2.34. The molecule has 1 aromatic carbocycles. The van der Waals surface area contributed by atoms with E-state index in [1.165, 1.54) is 0 Å². The summed E-state index contributed by atoms with van der Waals surface area (Å²) in [7, 11) is 0. The van der Waals surface area contributed by atoms with Crippen LogP contribution in [0.4, 0.5) is 11.4 Å². The zero-order valence-corrected chi connectivity index (χ0v) is 11.3. The summed E-state index contributed by atoms with van der Waals surface area (Å²) in [5.74, 6) is -0.139. The second kappa shape index (κ2) is 7.01. The van der Waals surface area contributed by atoms with Crippen molar-refractivity contribution in [3.63, 3.8) is 0 Å². The van der Waals surface area contributed by atoms with Crippen LogP contribution in [-0.4, -0.2) is 18.6 Å². The van der Waals surface area contributed by atoms with Crippen LogP contribution in [0.5, 0.6) is 0 Å². The Bertz CT molecular complexity index is 405. The van der Waals surface area contributed by atoms with Crippen molar-refractivity contribution in [2.45, 2.75) is 39.7 Å². The third-order valence-electron chi connectivity index (χ3n) is 2.75. The third kappa shape index (κ3) is 4.37. The molecule has 0 aliphatic heterocycles. The van der Waals surface area contributed by atoms with E-state index in [0.717, 1.165) is 24.1 Å². The summed E-state index contributed by atoms with van der Waals surface area (Å²) >= 11 is 0. The minimum absolute atomic E-state index is 0.139. The van der Waals surface area contributed by atoms with Crippen LogP contribution in [0.3, 0.4) is 0 Å². The number of nitrogens with two attached hydrogens (primary N) is 1. The predicted molar refractivity (Wildman–Crippen MR) is 74.5 cm³/mol. The number of benzene rings is 1. The van der Waals surface area contributed by atoms with Gasteiger partial charge in [-0.05, 0) is 38.0 Å². The molecule has 1 unspecified atom stereocenters. The molecule has 0 aliphatic carbocycles. The maximum atomic E-state index is 11.9. The Labute approximate surface area is 109 Å². The zero-order chi connectivity index (χ0) is 13.5. The molecule has 0 saturated carbocycles. The molecule has 0 aliphatic rings. The number of hydrogen-bond donors (Lipinski definition) is 2. The molecule has 3 N–H and O–H groups in total. The Kier molecular flexibility index (Phi) is 5.65. The van der Waals surface area contributed by atoms with Crippen LogP contribution < -0.4 is 11.1 Å². The molecule has 1 amide bonds. The highest BCUT2D eigenvalue weighted by Gasteiger charge is 2.14. The van der Waals surface area contributed by atoms with Gasteiger partial charge in [0.15, 0.2) is 0 Å². The Hall–Kier alpha value is -1.55. The molecule has 0 bridgehead atoms. The molecule has 0 spiro atoms. The summed E-state index contributed by atoms with van der Waals surface area (Å²) in [6.07, 6.45) is 1.58. The lowest BCUT2D eigenvalue weighted by molar-refractivity contribution is -0.126. The van der Waals surface area contributed by atoms with Crippen LogP contribution >= 0.6 is 0 Å². The van der Waals surface area contributed by atoms with Crippen molar-refractivity contribution in [3.8, 4) is 0 Å². The first-order valence-corrected chi connectivity index (χ1v) is 6.33. The number of hydrogen-bond acceptors (Lipinski definition) is 3. The van der Waals surface area contributed by atoms with Gasteiger partial charge in [-0.3, -0.25) is 4.79 Å². The molecule has 0 aromatic heterocycles. The van der Waals surface area contributed by atoms with Crippen molar-refractivity contribution >= 4 is 17.3 Å². The fourth-order valence-electron chi connectivity index (χ4n) is 1.49. The van der Waals surface area contributed by atoms with Crippen LogP contribution in [0.1, 0.15) is 32.3 Å². The lowest BCUT2D eigenvalue weighted by Crippen LogP contribution is -2.28. The van der Waals surface area contributed by atoms with Gasteiger partial charge in [0.25, 0.3) is 5.91 Å². The summed E-state index contributed by atoms with van der Waals surface area (Å²) in [6, 6.07) is 5.45. The fraction of sp³-hybridized carbons (Fsp3) is 0.500. The van der Waals surface area contributed by atoms with E-state index in [1.807, 2.05) is 19.1 Å². The first kappa shape index (κ1) is 14.5. The van der Waals surface area contributed by atoms with Crippen LogP contribution in [0.25, 0.3) is 0 Å². The highest BCUT2D eigenvalue weighted by Crippen LogP contribution is 2.18. The number of anilines is 2. The summed E-state index contributed by atoms with van der Waals surface area (Å²) in [6.45, 7) is 6.38. The maximum Gasteiger partial charge on any atom is 0.253 e. The molecule has 18 heavy (non-hydrogen) atoms. The maximum absolute atomic E-state index is 11.9. The van der Waals surface area contributed by atoms with Gasteiger partial charge in [0, 0.05) is 18.0 Å².